The fourth-order valence-corrected chi connectivity index (χ4v) is 6.83. The number of benzene rings is 3. The largest absolute Gasteiger partial charge is 0.479 e. The molecule has 1 fully saturated rings. The van der Waals surface area contributed by atoms with Crippen molar-refractivity contribution >= 4 is 62.0 Å². The smallest absolute Gasteiger partial charge is 0.446 e. The third-order valence-electron chi connectivity index (χ3n) is 7.63. The van der Waals surface area contributed by atoms with Crippen molar-refractivity contribution in [2.24, 2.45) is 0 Å². The second kappa shape index (κ2) is 14.5. The van der Waals surface area contributed by atoms with Gasteiger partial charge in [0.1, 0.15) is 0 Å². The number of hydrogen-bond donors (Lipinski definition) is 4. The van der Waals surface area contributed by atoms with Gasteiger partial charge >= 0.3 is 17.5 Å². The molecule has 0 saturated heterocycles. The predicted molar refractivity (Wildman–Crippen MR) is 171 cm³/mol. The zero-order valence-corrected chi connectivity index (χ0v) is 26.1. The molecular formula is C32H31F3N4O5S2. The molecular weight excluding hydrogens is 642 g/mol. The number of carbonyl (C=O) groups excluding carboxylic acids is 2. The second-order valence-electron chi connectivity index (χ2n) is 10.9. The molecule has 4 aromatic rings. The molecule has 4 N–H and O–H groups in total. The Kier molecular flexibility index (Phi) is 10.5. The predicted octanol–water partition coefficient (Wildman–Crippen LogP) is 7.37. The van der Waals surface area contributed by atoms with Gasteiger partial charge in [0.15, 0.2) is 11.2 Å². The molecule has 0 radical (unpaired) electrons. The highest BCUT2D eigenvalue weighted by atomic mass is 32.2. The van der Waals surface area contributed by atoms with E-state index in [1.807, 2.05) is 24.3 Å². The number of aromatic nitrogens is 1. The molecule has 9 nitrogen and oxygen atoms in total. The van der Waals surface area contributed by atoms with E-state index >= 15 is 0 Å². The number of carboxylic acids is 1. The van der Waals surface area contributed by atoms with E-state index in [9.17, 15) is 32.7 Å². The molecule has 14 heteroatoms. The lowest BCUT2D eigenvalue weighted by Gasteiger charge is -2.25. The maximum Gasteiger partial charge on any atom is 0.446 e. The SMILES string of the molecule is O=C(NC[C@@H](O)C(=O)O)c1ccc(CN(C(=O)Nc2nc3ccc(SC(F)(F)F)cc3s2)c2ccc(C3CCCCC3)cc2)cc1. The number of rotatable bonds is 10. The topological polar surface area (TPSA) is 132 Å². The summed E-state index contributed by atoms with van der Waals surface area (Å²) in [5, 5.41) is 23.6. The first kappa shape index (κ1) is 33.2. The maximum absolute atomic E-state index is 13.7. The minimum Gasteiger partial charge on any atom is -0.479 e. The number of thiazole rings is 1. The van der Waals surface area contributed by atoms with E-state index in [2.05, 4.69) is 15.6 Å². The summed E-state index contributed by atoms with van der Waals surface area (Å²) < 4.78 is 39.1. The van der Waals surface area contributed by atoms with Gasteiger partial charge in [0.25, 0.3) is 5.91 Å². The minimum atomic E-state index is -4.42. The van der Waals surface area contributed by atoms with E-state index in [1.54, 1.807) is 12.1 Å². The number of carbonyl (C=O) groups is 3. The van der Waals surface area contributed by atoms with Crippen molar-refractivity contribution in [3.8, 4) is 0 Å². The number of aliphatic hydroxyl groups is 1. The molecule has 1 atom stereocenters. The maximum atomic E-state index is 13.7. The number of anilines is 2. The Labute approximate surface area is 270 Å². The van der Waals surface area contributed by atoms with Crippen molar-refractivity contribution in [2.45, 2.75) is 61.1 Å². The molecule has 1 heterocycles. The highest BCUT2D eigenvalue weighted by Gasteiger charge is 2.29. The summed E-state index contributed by atoms with van der Waals surface area (Å²) in [5.41, 5.74) is -1.20. The van der Waals surface area contributed by atoms with Crippen molar-refractivity contribution in [1.29, 1.82) is 0 Å². The molecule has 3 aromatic carbocycles. The average molecular weight is 673 g/mol. The number of aliphatic carboxylic acids is 1. The normalized spacial score (nSPS) is 14.5. The fourth-order valence-electron chi connectivity index (χ4n) is 5.28. The quantitative estimate of drug-likeness (QED) is 0.129. The van der Waals surface area contributed by atoms with Crippen LogP contribution in [0.3, 0.4) is 0 Å². The van der Waals surface area contributed by atoms with Gasteiger partial charge in [-0.1, -0.05) is 54.9 Å². The Hall–Kier alpha value is -4.14. The van der Waals surface area contributed by atoms with Gasteiger partial charge in [-0.25, -0.2) is 14.6 Å². The number of nitrogens with one attached hydrogen (secondary N) is 2. The summed E-state index contributed by atoms with van der Waals surface area (Å²) >= 11 is 0.855. The molecule has 0 unspecified atom stereocenters. The minimum absolute atomic E-state index is 0.0244. The Morgan fingerprint density at radius 3 is 2.35 bits per heavy atom. The zero-order valence-electron chi connectivity index (χ0n) is 24.4. The third kappa shape index (κ3) is 8.77. The molecule has 3 amide bonds. The van der Waals surface area contributed by atoms with E-state index in [-0.39, 0.29) is 33.9 Å². The summed E-state index contributed by atoms with van der Waals surface area (Å²) in [6.45, 7) is -0.333. The van der Waals surface area contributed by atoms with Crippen LogP contribution in [0.4, 0.5) is 28.8 Å². The zero-order chi connectivity index (χ0) is 32.8. The van der Waals surface area contributed by atoms with Gasteiger partial charge in [-0.05, 0) is 84.1 Å². The molecule has 0 bridgehead atoms. The van der Waals surface area contributed by atoms with Crippen molar-refractivity contribution in [3.63, 3.8) is 0 Å². The first-order valence-corrected chi connectivity index (χ1v) is 16.2. The van der Waals surface area contributed by atoms with Gasteiger partial charge in [0.05, 0.1) is 23.3 Å². The molecule has 46 heavy (non-hydrogen) atoms. The van der Waals surface area contributed by atoms with Crippen LogP contribution in [0.15, 0.2) is 71.6 Å². The van der Waals surface area contributed by atoms with Gasteiger partial charge in [-0.2, -0.15) is 13.2 Å². The van der Waals surface area contributed by atoms with Crippen LogP contribution in [0.5, 0.6) is 0 Å². The van der Waals surface area contributed by atoms with Crippen LogP contribution in [0.1, 0.15) is 59.5 Å². The van der Waals surface area contributed by atoms with Gasteiger partial charge < -0.3 is 15.5 Å². The van der Waals surface area contributed by atoms with Gasteiger partial charge in [0, 0.05) is 16.1 Å². The molecule has 1 saturated carbocycles. The Balaban J connectivity index is 1.35. The number of fused-ring (bicyclic) bond motifs is 1. The van der Waals surface area contributed by atoms with Gasteiger partial charge in [-0.3, -0.25) is 15.0 Å². The molecule has 0 spiro atoms. The number of halogens is 3. The van der Waals surface area contributed by atoms with Gasteiger partial charge in [0.2, 0.25) is 0 Å². The lowest BCUT2D eigenvalue weighted by molar-refractivity contribution is -0.146. The van der Waals surface area contributed by atoms with E-state index < -0.39 is 36.1 Å². The van der Waals surface area contributed by atoms with Gasteiger partial charge in [-0.15, -0.1) is 0 Å². The highest BCUT2D eigenvalue weighted by molar-refractivity contribution is 8.00. The average Bonchev–Trinajstić information content (AvgIpc) is 3.43. The monoisotopic (exact) mass is 672 g/mol. The molecule has 1 aliphatic carbocycles. The first-order valence-electron chi connectivity index (χ1n) is 14.6. The van der Waals surface area contributed by atoms with Crippen molar-refractivity contribution in [3.05, 3.63) is 83.4 Å². The molecule has 5 rings (SSSR count). The first-order chi connectivity index (χ1) is 21.9. The van der Waals surface area contributed by atoms with Crippen LogP contribution in [0, 0.1) is 0 Å². The summed E-state index contributed by atoms with van der Waals surface area (Å²) in [4.78, 5) is 42.9. The van der Waals surface area contributed by atoms with Crippen LogP contribution in [0.2, 0.25) is 0 Å². The number of carboxylic acid groups (broad SMARTS) is 1. The van der Waals surface area contributed by atoms with Crippen LogP contribution >= 0.6 is 23.1 Å². The Bertz CT molecular complexity index is 1690. The lowest BCUT2D eigenvalue weighted by atomic mass is 9.84. The van der Waals surface area contributed by atoms with Crippen LogP contribution < -0.4 is 15.5 Å². The summed E-state index contributed by atoms with van der Waals surface area (Å²) in [6, 6.07) is 17.9. The summed E-state index contributed by atoms with van der Waals surface area (Å²) in [6.07, 6.45) is 4.14. The highest BCUT2D eigenvalue weighted by Crippen LogP contribution is 2.39. The van der Waals surface area contributed by atoms with Crippen molar-refractivity contribution in [2.75, 3.05) is 16.8 Å². The van der Waals surface area contributed by atoms with E-state index in [4.69, 9.17) is 5.11 Å². The molecule has 0 aliphatic heterocycles. The van der Waals surface area contributed by atoms with Crippen molar-refractivity contribution < 1.29 is 37.8 Å². The molecule has 1 aromatic heterocycles. The second-order valence-corrected chi connectivity index (χ2v) is 13.1. The molecule has 242 valence electrons. The van der Waals surface area contributed by atoms with Crippen LogP contribution in [-0.2, 0) is 11.3 Å². The standard InChI is InChI=1S/C32H31F3N4O5S2/c33-32(34,35)46-24-14-15-25-27(16-24)45-30(37-25)38-31(44)39(23-12-10-21(11-13-23)20-4-2-1-3-5-20)18-19-6-8-22(9-7-19)28(41)36-17-26(40)29(42)43/h6-16,20,26,40H,1-5,17-18H2,(H,36,41)(H,42,43)(H,37,38,44)/t26-/m1/s1. The van der Waals surface area contributed by atoms with E-state index in [0.717, 1.165) is 24.2 Å². The van der Waals surface area contributed by atoms with Crippen molar-refractivity contribution in [1.82, 2.24) is 10.3 Å². The number of hydrogen-bond acceptors (Lipinski definition) is 7. The number of aliphatic hydroxyl groups excluding tert-OH is 1. The Morgan fingerprint density at radius 1 is 1.00 bits per heavy atom. The number of amides is 3. The Morgan fingerprint density at radius 2 is 1.70 bits per heavy atom. The summed E-state index contributed by atoms with van der Waals surface area (Å²) in [7, 11) is 0. The van der Waals surface area contributed by atoms with Crippen LogP contribution in [-0.4, -0.2) is 51.3 Å². The third-order valence-corrected chi connectivity index (χ3v) is 9.29. The van der Waals surface area contributed by atoms with E-state index in [0.29, 0.717) is 27.4 Å². The fraction of sp³-hybridized carbons (Fsp3) is 0.312. The summed E-state index contributed by atoms with van der Waals surface area (Å²) in [5.74, 6) is -1.53. The lowest BCUT2D eigenvalue weighted by Crippen LogP contribution is -2.36. The number of urea groups is 1. The molecule has 1 aliphatic rings. The number of thioether (sulfide) groups is 1. The number of alkyl halides is 3. The van der Waals surface area contributed by atoms with E-state index in [1.165, 1.54) is 60.1 Å². The number of nitrogens with zero attached hydrogens (tertiary/aromatic N) is 2. The van der Waals surface area contributed by atoms with Crippen LogP contribution in [0.25, 0.3) is 10.2 Å².